The van der Waals surface area contributed by atoms with Crippen LogP contribution in [0.2, 0.25) is 0 Å². The summed E-state index contributed by atoms with van der Waals surface area (Å²) in [5.74, 6) is -11.6. The summed E-state index contributed by atoms with van der Waals surface area (Å²) >= 11 is 0. The number of allylic oxidation sites excluding steroid dienone is 1. The monoisotopic (exact) mass is 1930 g/mol. The third kappa shape index (κ3) is 68.6. The number of carbonyl (C=O) groups is 21. The number of Topliss-reactive ketones (excluding diaryl/α,β-unsaturated/α-hetero) is 3. The fraction of sp³-hybridized carbons (Fsp3) is 0.505. The summed E-state index contributed by atoms with van der Waals surface area (Å²) in [4.78, 5) is 243. The van der Waals surface area contributed by atoms with E-state index in [1.807, 2.05) is 13.8 Å². The predicted molar refractivity (Wildman–Crippen MR) is 476 cm³/mol. The zero-order valence-corrected chi connectivity index (χ0v) is 78.2. The lowest BCUT2D eigenvalue weighted by Crippen LogP contribution is -2.36. The van der Waals surface area contributed by atoms with Gasteiger partial charge in [0.05, 0.1) is 33.2 Å². The van der Waals surface area contributed by atoms with E-state index in [0.29, 0.717) is 59.6 Å². The molecule has 0 fully saturated rings. The summed E-state index contributed by atoms with van der Waals surface area (Å²) in [6.45, 7) is 22.4. The van der Waals surface area contributed by atoms with Crippen LogP contribution in [0.3, 0.4) is 0 Å². The van der Waals surface area contributed by atoms with Gasteiger partial charge in [0, 0.05) is 81.5 Å². The zero-order chi connectivity index (χ0) is 103. The molecule has 45 heteroatoms. The van der Waals surface area contributed by atoms with Gasteiger partial charge in [-0.1, -0.05) is 26.2 Å². The van der Waals surface area contributed by atoms with Crippen molar-refractivity contribution in [2.45, 2.75) is 163 Å². The van der Waals surface area contributed by atoms with Crippen molar-refractivity contribution >= 4 is 124 Å². The molecule has 0 radical (unpaired) electrons. The van der Waals surface area contributed by atoms with Gasteiger partial charge in [-0.25, -0.2) is 9.59 Å². The molecule has 45 nitrogen and oxygen atoms in total. The quantitative estimate of drug-likeness (QED) is 0.00746. The van der Waals surface area contributed by atoms with Crippen molar-refractivity contribution in [2.75, 3.05) is 139 Å². The van der Waals surface area contributed by atoms with Gasteiger partial charge in [-0.3, -0.25) is 91.1 Å². The van der Waals surface area contributed by atoms with Crippen molar-refractivity contribution in [3.8, 4) is 17.2 Å². The number of ketones is 3. The summed E-state index contributed by atoms with van der Waals surface area (Å²) in [5, 5.41) is 43.9. The molecule has 0 bridgehead atoms. The molecule has 0 aliphatic rings. The molecule has 0 saturated carbocycles. The molecule has 3 rings (SSSR count). The number of rotatable bonds is 61. The van der Waals surface area contributed by atoms with Crippen LogP contribution in [0.1, 0.15) is 177 Å². The van der Waals surface area contributed by atoms with E-state index in [1.54, 1.807) is 42.5 Å². The van der Waals surface area contributed by atoms with Gasteiger partial charge in [0.15, 0.2) is 17.3 Å². The van der Waals surface area contributed by atoms with Crippen LogP contribution in [0.25, 0.3) is 0 Å². The van der Waals surface area contributed by atoms with Crippen LogP contribution in [-0.4, -0.2) is 295 Å². The number of hydrogen-bond acceptors (Lipinski definition) is 39. The normalized spacial score (nSPS) is 10.3. The number of benzene rings is 3. The van der Waals surface area contributed by atoms with Crippen molar-refractivity contribution < 1.29 is 187 Å². The Morgan fingerprint density at radius 2 is 0.537 bits per heavy atom. The number of aliphatic hydroxyl groups is 3. The van der Waals surface area contributed by atoms with Gasteiger partial charge >= 0.3 is 71.6 Å². The fourth-order valence-corrected chi connectivity index (χ4v) is 9.24. The first kappa shape index (κ1) is 124. The molecule has 0 spiro atoms. The second-order valence-electron chi connectivity index (χ2n) is 29.1. The maximum atomic E-state index is 12.0. The minimum absolute atomic E-state index is 0.00493. The molecule has 3 aromatic carbocycles. The Morgan fingerprint density at radius 3 is 0.787 bits per heavy atom. The number of unbranched alkanes of at least 4 members (excludes halogenated alkanes) is 2. The van der Waals surface area contributed by atoms with Crippen LogP contribution in [0.5, 0.6) is 17.2 Å². The lowest BCUT2D eigenvalue weighted by atomic mass is 9.97. The average Bonchev–Trinajstić information content (AvgIpc) is 0.856. The molecular weight excluding hydrogens is 1800 g/mol. The SMILES string of the molecule is C=CC.C=CC(=O)OC.C=CC(=O)OCCOC(=O)CCOC(=O)CC(=O)NCCNC(=O)CC(=O)OCCC(=O)OCCC.CC(=O)OCCOC(=O)CCCCCOC(=O)CC(=O)NCCNC(=O)CC(=O)OCCOc1ccc(C(=O)C(C)(C)O)cc1.CC(C)(O)C(=O)c1ccc(OCCOC(=O)CC(=O)NCCNC(=O)CC(=O)OCCOc2ccc(C(=O)C(C)(C)O)cc2)cc1. The molecule has 0 heterocycles. The molecular formula is C91H126N6O39. The number of methoxy groups -OCH3 is 1. The Hall–Kier alpha value is -14.4. The highest BCUT2D eigenvalue weighted by atomic mass is 16.6. The van der Waals surface area contributed by atoms with Gasteiger partial charge < -0.3 is 118 Å². The molecule has 6 amide bonds. The summed E-state index contributed by atoms with van der Waals surface area (Å²) in [5.41, 5.74) is -3.51. The van der Waals surface area contributed by atoms with Crippen molar-refractivity contribution in [2.24, 2.45) is 0 Å². The molecule has 0 aromatic heterocycles. The van der Waals surface area contributed by atoms with Crippen LogP contribution in [0, 0.1) is 0 Å². The highest BCUT2D eigenvalue weighted by Gasteiger charge is 2.28. The van der Waals surface area contributed by atoms with E-state index in [-0.39, 0.29) is 151 Å². The number of nitrogens with one attached hydrogen (secondary N) is 6. The summed E-state index contributed by atoms with van der Waals surface area (Å²) < 4.78 is 73.5. The molecule has 754 valence electrons. The molecule has 0 atom stereocenters. The molecule has 136 heavy (non-hydrogen) atoms. The first-order valence-corrected chi connectivity index (χ1v) is 42.4. The summed E-state index contributed by atoms with van der Waals surface area (Å²) in [6, 6.07) is 18.3. The number of esters is 12. The smallest absolute Gasteiger partial charge is 0.330 e. The average molecular weight is 1930 g/mol. The number of carbonyl (C=O) groups excluding carboxylic acids is 21. The lowest BCUT2D eigenvalue weighted by Gasteiger charge is -2.15. The van der Waals surface area contributed by atoms with E-state index in [9.17, 15) is 116 Å². The van der Waals surface area contributed by atoms with Crippen molar-refractivity contribution in [1.29, 1.82) is 0 Å². The van der Waals surface area contributed by atoms with E-state index in [1.165, 1.54) is 92.0 Å². The van der Waals surface area contributed by atoms with Crippen LogP contribution in [-0.2, 0) is 143 Å². The van der Waals surface area contributed by atoms with Gasteiger partial charge in [0.25, 0.3) is 0 Å². The van der Waals surface area contributed by atoms with E-state index >= 15 is 0 Å². The Balaban J connectivity index is 0. The topological polar surface area (TPSA) is 630 Å². The Labute approximate surface area is 786 Å². The van der Waals surface area contributed by atoms with Gasteiger partial charge in [-0.2, -0.15) is 0 Å². The fourth-order valence-electron chi connectivity index (χ4n) is 9.24. The maximum Gasteiger partial charge on any atom is 0.330 e. The lowest BCUT2D eigenvalue weighted by molar-refractivity contribution is -0.154. The largest absolute Gasteiger partial charge is 0.490 e. The Morgan fingerprint density at radius 1 is 0.301 bits per heavy atom. The van der Waals surface area contributed by atoms with Crippen LogP contribution in [0.15, 0.2) is 111 Å². The molecule has 0 aliphatic carbocycles. The second-order valence-corrected chi connectivity index (χ2v) is 29.1. The standard InChI is InChI=1S/C32H40N2O12.C30H42N2O13.C22H32N2O12.C4H6O2.C3H6/c1-31(2,41)29(39)21-5-9-23(10-6-21)43-15-17-45-27(37)19-25(35)33-13-14-34-26(36)20-28(38)46-18-16-44-24-11-7-22(8-12-24)30(40)32(3,4)42;1-21(33)41-15-17-44-26(36)7-5-4-6-14-43-27(37)19-24(34)31-12-13-32-25(35)20-28(38)45-18-16-42-23-10-8-22(9-11-23)29(39)30(2,3)40;1-3-9-32-19(28)5-10-33-21(30)14-16(25)23-7-8-24-17(26)15-22(31)34-11-6-20(29)36-13-12-35-18(27)4-2;1-3-4(5)6-2;1-3-2/h5-12,41-42H,13-20H2,1-4H3,(H,33,35)(H,34,36);8-11,40H,4-7,12-20H2,1-3H3,(H,31,34)(H,32,35);4H,2-3,5-15H2,1H3,(H,23,25)(H,24,26);3H,1H2,2H3;3H,1H2,2H3. The Bertz CT molecular complexity index is 4230. The van der Waals surface area contributed by atoms with Crippen molar-refractivity contribution in [3.63, 3.8) is 0 Å². The van der Waals surface area contributed by atoms with Crippen LogP contribution < -0.4 is 46.1 Å². The van der Waals surface area contributed by atoms with Gasteiger partial charge in [0.1, 0.15) is 152 Å². The van der Waals surface area contributed by atoms with Gasteiger partial charge in [-0.15, -0.1) is 6.58 Å². The number of hydrogen-bond donors (Lipinski definition) is 9. The molecule has 0 unspecified atom stereocenters. The van der Waals surface area contributed by atoms with E-state index in [2.05, 4.69) is 65.8 Å². The van der Waals surface area contributed by atoms with E-state index < -0.39 is 180 Å². The van der Waals surface area contributed by atoms with Gasteiger partial charge in [0.2, 0.25) is 35.4 Å². The Kier molecular flexibility index (Phi) is 66.5. The van der Waals surface area contributed by atoms with E-state index in [4.69, 9.17) is 56.8 Å². The highest BCUT2D eigenvalue weighted by molar-refractivity contribution is 6.04. The molecule has 0 saturated heterocycles. The van der Waals surface area contributed by atoms with Crippen LogP contribution >= 0.6 is 0 Å². The number of amides is 6. The van der Waals surface area contributed by atoms with Crippen LogP contribution in [0.4, 0.5) is 0 Å². The maximum absolute atomic E-state index is 12.0. The minimum Gasteiger partial charge on any atom is -0.490 e. The summed E-state index contributed by atoms with van der Waals surface area (Å²) in [7, 11) is 1.31. The zero-order valence-electron chi connectivity index (χ0n) is 78.2. The molecule has 9 N–H and O–H groups in total. The second kappa shape index (κ2) is 73.1. The van der Waals surface area contributed by atoms with Crippen molar-refractivity contribution in [3.05, 3.63) is 127 Å². The summed E-state index contributed by atoms with van der Waals surface area (Å²) in [6.07, 6.45) is 2.65. The predicted octanol–water partition coefficient (Wildman–Crippen LogP) is 2.56. The van der Waals surface area contributed by atoms with E-state index in [0.717, 1.165) is 12.2 Å². The molecule has 0 aliphatic heterocycles. The van der Waals surface area contributed by atoms with Gasteiger partial charge in [-0.05, 0) is 147 Å². The number of ether oxygens (including phenoxy) is 15. The van der Waals surface area contributed by atoms with Crippen molar-refractivity contribution in [1.82, 2.24) is 31.9 Å². The third-order valence-electron chi connectivity index (χ3n) is 15.7. The minimum atomic E-state index is -1.49. The first-order valence-electron chi connectivity index (χ1n) is 42.4. The third-order valence-corrected chi connectivity index (χ3v) is 15.7. The molecule has 3 aromatic rings. The first-order chi connectivity index (χ1) is 64.2. The highest BCUT2D eigenvalue weighted by Crippen LogP contribution is 2.21.